The molecule has 0 aliphatic heterocycles. The Kier molecular flexibility index (Phi) is 5.20. The molecule has 0 fully saturated rings. The molecule has 1 aromatic carbocycles. The van der Waals surface area contributed by atoms with E-state index < -0.39 is 0 Å². The van der Waals surface area contributed by atoms with Crippen LogP contribution in [-0.2, 0) is 19.5 Å². The summed E-state index contributed by atoms with van der Waals surface area (Å²) in [7, 11) is 0. The highest BCUT2D eigenvalue weighted by atomic mass is 19.1. The van der Waals surface area contributed by atoms with Crippen molar-refractivity contribution in [2.75, 3.05) is 13.2 Å². The summed E-state index contributed by atoms with van der Waals surface area (Å²) in [5.74, 6) is 1.31. The van der Waals surface area contributed by atoms with Gasteiger partial charge in [-0.05, 0) is 17.7 Å². The second-order valence-corrected chi connectivity index (χ2v) is 4.61. The maximum Gasteiger partial charge on any atom is 0.150 e. The fraction of sp³-hybridized carbons (Fsp3) is 0.429. The summed E-state index contributed by atoms with van der Waals surface area (Å²) in [5, 5.41) is 16.1. The Morgan fingerprint density at radius 3 is 2.60 bits per heavy atom. The number of aliphatic hydroxyl groups excluding tert-OH is 1. The molecule has 20 heavy (non-hydrogen) atoms. The standard InChI is InChI=1S/C14H19FN4O/c1-2-13-16-14(18-17-13)10-19(7-8-20)9-11-3-5-12(15)6-4-11/h3-6,20H,2,7-10H2,1H3,(H,16,17,18). The summed E-state index contributed by atoms with van der Waals surface area (Å²) in [6.45, 7) is 3.79. The highest BCUT2D eigenvalue weighted by Gasteiger charge is 2.10. The van der Waals surface area contributed by atoms with Crippen molar-refractivity contribution in [1.82, 2.24) is 20.1 Å². The molecule has 0 amide bonds. The van der Waals surface area contributed by atoms with Gasteiger partial charge in [0, 0.05) is 19.5 Å². The molecule has 0 unspecified atom stereocenters. The highest BCUT2D eigenvalue weighted by Crippen LogP contribution is 2.09. The fourth-order valence-corrected chi connectivity index (χ4v) is 1.98. The minimum absolute atomic E-state index is 0.0654. The van der Waals surface area contributed by atoms with E-state index in [0.717, 1.165) is 23.6 Å². The summed E-state index contributed by atoms with van der Waals surface area (Å²) in [6.07, 6.45) is 0.786. The number of aryl methyl sites for hydroxylation is 1. The van der Waals surface area contributed by atoms with Gasteiger partial charge in [-0.3, -0.25) is 10.00 Å². The molecule has 0 bridgehead atoms. The van der Waals surface area contributed by atoms with Crippen molar-refractivity contribution in [1.29, 1.82) is 0 Å². The van der Waals surface area contributed by atoms with Gasteiger partial charge in [-0.1, -0.05) is 19.1 Å². The number of nitrogens with zero attached hydrogens (tertiary/aromatic N) is 3. The minimum atomic E-state index is -0.245. The van der Waals surface area contributed by atoms with Crippen molar-refractivity contribution in [2.45, 2.75) is 26.4 Å². The Hall–Kier alpha value is -1.79. The first-order chi connectivity index (χ1) is 9.71. The van der Waals surface area contributed by atoms with Crippen LogP contribution in [0.4, 0.5) is 4.39 Å². The highest BCUT2D eigenvalue weighted by molar-refractivity contribution is 5.15. The third-order valence-corrected chi connectivity index (χ3v) is 3.00. The number of hydrogen-bond donors (Lipinski definition) is 2. The largest absolute Gasteiger partial charge is 0.395 e. The normalized spacial score (nSPS) is 11.2. The number of aromatic amines is 1. The molecule has 5 nitrogen and oxygen atoms in total. The van der Waals surface area contributed by atoms with E-state index >= 15 is 0 Å². The van der Waals surface area contributed by atoms with Crippen LogP contribution < -0.4 is 0 Å². The quantitative estimate of drug-likeness (QED) is 0.805. The van der Waals surface area contributed by atoms with E-state index in [4.69, 9.17) is 5.11 Å². The number of aromatic nitrogens is 3. The molecule has 1 aromatic heterocycles. The zero-order chi connectivity index (χ0) is 14.4. The van der Waals surface area contributed by atoms with Gasteiger partial charge in [0.25, 0.3) is 0 Å². The number of aliphatic hydroxyl groups is 1. The van der Waals surface area contributed by atoms with Gasteiger partial charge in [-0.2, -0.15) is 5.10 Å². The van der Waals surface area contributed by atoms with Crippen molar-refractivity contribution >= 4 is 0 Å². The van der Waals surface area contributed by atoms with E-state index in [1.165, 1.54) is 12.1 Å². The molecule has 2 N–H and O–H groups in total. The second kappa shape index (κ2) is 7.12. The van der Waals surface area contributed by atoms with E-state index in [1.54, 1.807) is 12.1 Å². The SMILES string of the molecule is CCc1n[nH]c(CN(CCO)Cc2ccc(F)cc2)n1. The van der Waals surface area contributed by atoms with Gasteiger partial charge in [0.1, 0.15) is 17.5 Å². The Morgan fingerprint density at radius 1 is 1.25 bits per heavy atom. The van der Waals surface area contributed by atoms with Crippen molar-refractivity contribution in [3.63, 3.8) is 0 Å². The monoisotopic (exact) mass is 278 g/mol. The van der Waals surface area contributed by atoms with Gasteiger partial charge in [-0.25, -0.2) is 9.37 Å². The molecule has 0 aliphatic carbocycles. The Balaban J connectivity index is 2.00. The van der Waals surface area contributed by atoms with E-state index in [-0.39, 0.29) is 12.4 Å². The third kappa shape index (κ3) is 4.11. The molecule has 1 heterocycles. The smallest absolute Gasteiger partial charge is 0.150 e. The van der Waals surface area contributed by atoms with Crippen LogP contribution in [-0.4, -0.2) is 38.3 Å². The lowest BCUT2D eigenvalue weighted by Gasteiger charge is -2.19. The first kappa shape index (κ1) is 14.6. The van der Waals surface area contributed by atoms with Crippen LogP contribution in [0.25, 0.3) is 0 Å². The molecule has 0 aliphatic rings. The Labute approximate surface area is 117 Å². The molecule has 0 atom stereocenters. The molecule has 0 spiro atoms. The van der Waals surface area contributed by atoms with Gasteiger partial charge >= 0.3 is 0 Å². The van der Waals surface area contributed by atoms with Gasteiger partial charge in [0.05, 0.1) is 13.2 Å². The minimum Gasteiger partial charge on any atom is -0.395 e. The van der Waals surface area contributed by atoms with Crippen LogP contribution in [0.3, 0.4) is 0 Å². The van der Waals surface area contributed by atoms with E-state index in [0.29, 0.717) is 19.6 Å². The lowest BCUT2D eigenvalue weighted by molar-refractivity contribution is 0.181. The first-order valence-corrected chi connectivity index (χ1v) is 6.69. The molecule has 6 heteroatoms. The average Bonchev–Trinajstić information content (AvgIpc) is 2.89. The molecular formula is C14H19FN4O. The summed E-state index contributed by atoms with van der Waals surface area (Å²) >= 11 is 0. The lowest BCUT2D eigenvalue weighted by atomic mass is 10.2. The van der Waals surface area contributed by atoms with Crippen molar-refractivity contribution in [3.05, 3.63) is 47.3 Å². The molecule has 2 rings (SSSR count). The van der Waals surface area contributed by atoms with Crippen LogP contribution in [0.1, 0.15) is 24.1 Å². The average molecular weight is 278 g/mol. The number of H-pyrrole nitrogens is 1. The lowest BCUT2D eigenvalue weighted by Crippen LogP contribution is -2.26. The van der Waals surface area contributed by atoms with Crippen molar-refractivity contribution in [2.24, 2.45) is 0 Å². The zero-order valence-corrected chi connectivity index (χ0v) is 11.5. The third-order valence-electron chi connectivity index (χ3n) is 3.00. The molecule has 0 saturated heterocycles. The number of rotatable bonds is 7. The summed E-state index contributed by atoms with van der Waals surface area (Å²) < 4.78 is 12.9. The molecule has 108 valence electrons. The molecule has 0 radical (unpaired) electrons. The van der Waals surface area contributed by atoms with E-state index in [1.807, 2.05) is 11.8 Å². The van der Waals surface area contributed by atoms with Crippen LogP contribution >= 0.6 is 0 Å². The maximum absolute atomic E-state index is 12.9. The molecular weight excluding hydrogens is 259 g/mol. The number of hydrogen-bond acceptors (Lipinski definition) is 4. The predicted octanol–water partition coefficient (Wildman–Crippen LogP) is 1.50. The second-order valence-electron chi connectivity index (χ2n) is 4.61. The summed E-state index contributed by atoms with van der Waals surface area (Å²) in [5.41, 5.74) is 0.995. The van der Waals surface area contributed by atoms with Gasteiger partial charge < -0.3 is 5.11 Å². The summed E-state index contributed by atoms with van der Waals surface area (Å²) in [6, 6.07) is 6.38. The first-order valence-electron chi connectivity index (χ1n) is 6.69. The van der Waals surface area contributed by atoms with Crippen LogP contribution in [0.15, 0.2) is 24.3 Å². The topological polar surface area (TPSA) is 65.0 Å². The molecule has 2 aromatic rings. The number of halogens is 1. The van der Waals surface area contributed by atoms with Crippen LogP contribution in [0, 0.1) is 5.82 Å². The molecule has 0 saturated carbocycles. The van der Waals surface area contributed by atoms with Gasteiger partial charge in [0.15, 0.2) is 0 Å². The Morgan fingerprint density at radius 2 is 2.00 bits per heavy atom. The van der Waals surface area contributed by atoms with Crippen molar-refractivity contribution < 1.29 is 9.50 Å². The number of nitrogens with one attached hydrogen (secondary N) is 1. The van der Waals surface area contributed by atoms with Gasteiger partial charge in [-0.15, -0.1) is 0 Å². The van der Waals surface area contributed by atoms with Gasteiger partial charge in [0.2, 0.25) is 0 Å². The van der Waals surface area contributed by atoms with Crippen LogP contribution in [0.5, 0.6) is 0 Å². The fourth-order valence-electron chi connectivity index (χ4n) is 1.98. The van der Waals surface area contributed by atoms with E-state index in [2.05, 4.69) is 15.2 Å². The summed E-state index contributed by atoms with van der Waals surface area (Å²) in [4.78, 5) is 6.39. The predicted molar refractivity (Wildman–Crippen MR) is 73.4 cm³/mol. The van der Waals surface area contributed by atoms with Crippen molar-refractivity contribution in [3.8, 4) is 0 Å². The Bertz CT molecular complexity index is 526. The zero-order valence-electron chi connectivity index (χ0n) is 11.5. The maximum atomic E-state index is 12.9. The van der Waals surface area contributed by atoms with Crippen LogP contribution in [0.2, 0.25) is 0 Å². The van der Waals surface area contributed by atoms with E-state index in [9.17, 15) is 4.39 Å². The number of benzene rings is 1.